The van der Waals surface area contributed by atoms with Crippen LogP contribution in [0.5, 0.6) is 5.75 Å². The average Bonchev–Trinajstić information content (AvgIpc) is 2.61. The zero-order chi connectivity index (χ0) is 17.4. The van der Waals surface area contributed by atoms with E-state index in [2.05, 4.69) is 36.5 Å². The summed E-state index contributed by atoms with van der Waals surface area (Å²) in [6, 6.07) is 16.0. The Bertz CT molecular complexity index is 672. The maximum Gasteiger partial charge on any atom is 0.244 e. The zero-order valence-electron chi connectivity index (χ0n) is 14.6. The lowest BCUT2D eigenvalue weighted by Gasteiger charge is -2.13. The summed E-state index contributed by atoms with van der Waals surface area (Å²) in [5, 5.41) is 2.99. The molecule has 0 bridgehead atoms. The second-order valence-electron chi connectivity index (χ2n) is 5.66. The summed E-state index contributed by atoms with van der Waals surface area (Å²) >= 11 is 0. The molecule has 0 saturated carbocycles. The summed E-state index contributed by atoms with van der Waals surface area (Å²) in [5.74, 6) is 0.735. The quantitative estimate of drug-likeness (QED) is 0.760. The van der Waals surface area contributed by atoms with Crippen molar-refractivity contribution in [3.63, 3.8) is 0 Å². The summed E-state index contributed by atoms with van der Waals surface area (Å²) in [6.07, 6.45) is 4.39. The SMILES string of the molecule is CCOc1ccc(/C=C/C(=O)NC(C)c2ccc(CC)cc2)cc1. The summed E-state index contributed by atoms with van der Waals surface area (Å²) < 4.78 is 5.40. The molecule has 1 unspecified atom stereocenters. The van der Waals surface area contributed by atoms with Gasteiger partial charge in [-0.25, -0.2) is 0 Å². The molecule has 2 aromatic carbocycles. The van der Waals surface area contributed by atoms with Crippen molar-refractivity contribution in [1.82, 2.24) is 5.32 Å². The normalized spacial score (nSPS) is 12.1. The first-order valence-electron chi connectivity index (χ1n) is 8.42. The van der Waals surface area contributed by atoms with Crippen LogP contribution in [0.1, 0.15) is 43.5 Å². The molecule has 3 nitrogen and oxygen atoms in total. The Balaban J connectivity index is 1.91. The standard InChI is InChI=1S/C21H25NO2/c1-4-17-6-11-19(12-7-17)16(3)22-21(23)15-10-18-8-13-20(14-9-18)24-5-2/h6-16H,4-5H2,1-3H3,(H,22,23)/b15-10+. The van der Waals surface area contributed by atoms with Gasteiger partial charge in [-0.3, -0.25) is 4.79 Å². The lowest BCUT2D eigenvalue weighted by atomic mass is 10.0. The molecule has 1 N–H and O–H groups in total. The van der Waals surface area contributed by atoms with Crippen LogP contribution in [0.15, 0.2) is 54.6 Å². The predicted molar refractivity (Wildman–Crippen MR) is 99.0 cm³/mol. The predicted octanol–water partition coefficient (Wildman–Crippen LogP) is 4.54. The van der Waals surface area contributed by atoms with Crippen LogP contribution >= 0.6 is 0 Å². The van der Waals surface area contributed by atoms with E-state index in [-0.39, 0.29) is 11.9 Å². The molecule has 2 rings (SSSR count). The second-order valence-corrected chi connectivity index (χ2v) is 5.66. The highest BCUT2D eigenvalue weighted by Crippen LogP contribution is 2.15. The van der Waals surface area contributed by atoms with Gasteiger partial charge >= 0.3 is 0 Å². The molecule has 3 heteroatoms. The molecule has 0 aliphatic rings. The molecule has 1 amide bonds. The zero-order valence-corrected chi connectivity index (χ0v) is 14.6. The van der Waals surface area contributed by atoms with Crippen molar-refractivity contribution in [3.05, 3.63) is 71.3 Å². The number of amides is 1. The van der Waals surface area contributed by atoms with Crippen LogP contribution in [-0.4, -0.2) is 12.5 Å². The summed E-state index contributed by atoms with van der Waals surface area (Å²) in [7, 11) is 0. The minimum Gasteiger partial charge on any atom is -0.494 e. The number of aryl methyl sites for hydroxylation is 1. The van der Waals surface area contributed by atoms with Crippen LogP contribution in [0.25, 0.3) is 6.08 Å². The molecular weight excluding hydrogens is 298 g/mol. The molecule has 0 aromatic heterocycles. The van der Waals surface area contributed by atoms with Gasteiger partial charge in [-0.05, 0) is 55.2 Å². The van der Waals surface area contributed by atoms with Crippen molar-refractivity contribution in [2.24, 2.45) is 0 Å². The van der Waals surface area contributed by atoms with Gasteiger partial charge in [-0.1, -0.05) is 43.3 Å². The smallest absolute Gasteiger partial charge is 0.244 e. The van der Waals surface area contributed by atoms with Crippen LogP contribution in [0, 0.1) is 0 Å². The lowest BCUT2D eigenvalue weighted by Crippen LogP contribution is -2.24. The monoisotopic (exact) mass is 323 g/mol. The van der Waals surface area contributed by atoms with Gasteiger partial charge in [0.05, 0.1) is 12.6 Å². The minimum atomic E-state index is -0.101. The third-order valence-electron chi connectivity index (χ3n) is 3.86. The second kappa shape index (κ2) is 8.92. The molecule has 0 heterocycles. The fraction of sp³-hybridized carbons (Fsp3) is 0.286. The number of hydrogen-bond donors (Lipinski definition) is 1. The first kappa shape index (κ1) is 17.8. The maximum atomic E-state index is 12.1. The van der Waals surface area contributed by atoms with Crippen LogP contribution < -0.4 is 10.1 Å². The van der Waals surface area contributed by atoms with E-state index < -0.39 is 0 Å². The Morgan fingerprint density at radius 2 is 1.75 bits per heavy atom. The number of benzene rings is 2. The fourth-order valence-electron chi connectivity index (χ4n) is 2.40. The van der Waals surface area contributed by atoms with Crippen molar-refractivity contribution in [2.75, 3.05) is 6.61 Å². The molecule has 0 fully saturated rings. The van der Waals surface area contributed by atoms with Crippen molar-refractivity contribution in [2.45, 2.75) is 33.2 Å². The van der Waals surface area contributed by atoms with E-state index in [0.29, 0.717) is 6.61 Å². The van der Waals surface area contributed by atoms with Gasteiger partial charge in [0.2, 0.25) is 5.91 Å². The van der Waals surface area contributed by atoms with E-state index in [0.717, 1.165) is 23.3 Å². The third-order valence-corrected chi connectivity index (χ3v) is 3.86. The van der Waals surface area contributed by atoms with E-state index in [1.165, 1.54) is 5.56 Å². The molecular formula is C21H25NO2. The van der Waals surface area contributed by atoms with E-state index in [4.69, 9.17) is 4.74 Å². The van der Waals surface area contributed by atoms with Crippen molar-refractivity contribution >= 4 is 12.0 Å². The summed E-state index contributed by atoms with van der Waals surface area (Å²) in [5.41, 5.74) is 3.37. The highest BCUT2D eigenvalue weighted by Gasteiger charge is 2.07. The van der Waals surface area contributed by atoms with Crippen LogP contribution in [0.4, 0.5) is 0 Å². The van der Waals surface area contributed by atoms with Gasteiger partial charge in [0.25, 0.3) is 0 Å². The van der Waals surface area contributed by atoms with Gasteiger partial charge in [0.15, 0.2) is 0 Å². The highest BCUT2D eigenvalue weighted by molar-refractivity contribution is 5.91. The molecule has 126 valence electrons. The van der Waals surface area contributed by atoms with Crippen molar-refractivity contribution < 1.29 is 9.53 Å². The molecule has 0 saturated heterocycles. The third kappa shape index (κ3) is 5.27. The average molecular weight is 323 g/mol. The number of carbonyl (C=O) groups is 1. The van der Waals surface area contributed by atoms with Gasteiger partial charge in [-0.2, -0.15) is 0 Å². The number of carbonyl (C=O) groups excluding carboxylic acids is 1. The molecule has 0 radical (unpaired) electrons. The summed E-state index contributed by atoms with van der Waals surface area (Å²) in [6.45, 7) is 6.72. The first-order valence-corrected chi connectivity index (χ1v) is 8.42. The molecule has 0 aliphatic heterocycles. The number of rotatable bonds is 7. The Morgan fingerprint density at radius 1 is 1.08 bits per heavy atom. The molecule has 2 aromatic rings. The van der Waals surface area contributed by atoms with Crippen molar-refractivity contribution in [3.8, 4) is 5.75 Å². The first-order chi connectivity index (χ1) is 11.6. The number of nitrogens with one attached hydrogen (secondary N) is 1. The molecule has 0 aliphatic carbocycles. The van der Waals surface area contributed by atoms with Gasteiger partial charge in [-0.15, -0.1) is 0 Å². The van der Waals surface area contributed by atoms with Crippen LogP contribution in [-0.2, 0) is 11.2 Å². The fourth-order valence-corrected chi connectivity index (χ4v) is 2.40. The number of ether oxygens (including phenoxy) is 1. The van der Waals surface area contributed by atoms with E-state index in [9.17, 15) is 4.79 Å². The Morgan fingerprint density at radius 3 is 2.33 bits per heavy atom. The van der Waals surface area contributed by atoms with E-state index in [1.807, 2.05) is 38.1 Å². The maximum absolute atomic E-state index is 12.1. The highest BCUT2D eigenvalue weighted by atomic mass is 16.5. The topological polar surface area (TPSA) is 38.3 Å². The van der Waals surface area contributed by atoms with E-state index >= 15 is 0 Å². The molecule has 1 atom stereocenters. The minimum absolute atomic E-state index is 0.0200. The Kier molecular flexibility index (Phi) is 6.62. The van der Waals surface area contributed by atoms with E-state index in [1.54, 1.807) is 12.2 Å². The van der Waals surface area contributed by atoms with Gasteiger partial charge in [0, 0.05) is 6.08 Å². The lowest BCUT2D eigenvalue weighted by molar-refractivity contribution is -0.117. The van der Waals surface area contributed by atoms with Crippen LogP contribution in [0.2, 0.25) is 0 Å². The largest absolute Gasteiger partial charge is 0.494 e. The Hall–Kier alpha value is -2.55. The summed E-state index contributed by atoms with van der Waals surface area (Å²) in [4.78, 5) is 12.1. The van der Waals surface area contributed by atoms with Gasteiger partial charge in [0.1, 0.15) is 5.75 Å². The molecule has 24 heavy (non-hydrogen) atoms. The van der Waals surface area contributed by atoms with Crippen molar-refractivity contribution in [1.29, 1.82) is 0 Å². The van der Waals surface area contributed by atoms with Crippen LogP contribution in [0.3, 0.4) is 0 Å². The number of hydrogen-bond acceptors (Lipinski definition) is 2. The molecule has 0 spiro atoms. The Labute approximate surface area is 144 Å². The van der Waals surface area contributed by atoms with Gasteiger partial charge < -0.3 is 10.1 Å².